The average Bonchev–Trinajstić information content (AvgIpc) is 2.66. The van der Waals surface area contributed by atoms with Crippen LogP contribution in [0.2, 0.25) is 0 Å². The minimum absolute atomic E-state index is 0.0444. The Morgan fingerprint density at radius 2 is 1.78 bits per heavy atom. The van der Waals surface area contributed by atoms with Gasteiger partial charge in [0.2, 0.25) is 0 Å². The molecule has 178 valence electrons. The number of carbonyl (C=O) groups excluding carboxylic acids is 3. The molecule has 0 heterocycles. The van der Waals surface area contributed by atoms with Crippen molar-refractivity contribution in [2.75, 3.05) is 13.2 Å². The standard InChI is InChI=1S/C21H24F4O7/c1-4-30-17(27)15-13(26)10-20(3,29)16(18(28)31-5-2)14(15)11-7-6-8-12(9-11)32-21(24,25)19(22)23/h6-9,14-16,19,29H,4-5,10H2,1-3H3/t14-,15-,16-,20+/m1/s1. The van der Waals surface area contributed by atoms with Gasteiger partial charge >= 0.3 is 24.5 Å². The van der Waals surface area contributed by atoms with Crippen LogP contribution in [0.15, 0.2) is 24.3 Å². The lowest BCUT2D eigenvalue weighted by Crippen LogP contribution is -2.55. The molecule has 1 aromatic carbocycles. The Kier molecular flexibility index (Phi) is 7.87. The van der Waals surface area contributed by atoms with Crippen molar-refractivity contribution in [2.45, 2.75) is 51.2 Å². The molecule has 0 spiro atoms. The molecular formula is C21H24F4O7. The Morgan fingerprint density at radius 3 is 2.34 bits per heavy atom. The minimum Gasteiger partial charge on any atom is -0.466 e. The van der Waals surface area contributed by atoms with Gasteiger partial charge < -0.3 is 19.3 Å². The van der Waals surface area contributed by atoms with E-state index in [4.69, 9.17) is 9.47 Å². The number of hydrogen-bond acceptors (Lipinski definition) is 7. The number of aliphatic hydroxyl groups is 1. The van der Waals surface area contributed by atoms with E-state index < -0.39 is 65.8 Å². The highest BCUT2D eigenvalue weighted by molar-refractivity contribution is 6.02. The summed E-state index contributed by atoms with van der Waals surface area (Å²) in [6.45, 7) is 4.07. The van der Waals surface area contributed by atoms with Crippen LogP contribution in [-0.2, 0) is 23.9 Å². The molecule has 1 saturated carbocycles. The number of rotatable bonds is 8. The van der Waals surface area contributed by atoms with Gasteiger partial charge in [0.1, 0.15) is 11.7 Å². The summed E-state index contributed by atoms with van der Waals surface area (Å²) in [6.07, 6.45) is -9.47. The Labute approximate surface area is 181 Å². The Hall–Kier alpha value is -2.69. The van der Waals surface area contributed by atoms with Crippen molar-refractivity contribution in [1.29, 1.82) is 0 Å². The molecule has 1 fully saturated rings. The van der Waals surface area contributed by atoms with Crippen molar-refractivity contribution in [1.82, 2.24) is 0 Å². The number of ether oxygens (including phenoxy) is 3. The molecule has 7 nitrogen and oxygen atoms in total. The molecule has 0 saturated heterocycles. The number of esters is 2. The van der Waals surface area contributed by atoms with Gasteiger partial charge in [-0.25, -0.2) is 0 Å². The Balaban J connectivity index is 2.62. The van der Waals surface area contributed by atoms with Gasteiger partial charge in [-0.3, -0.25) is 14.4 Å². The van der Waals surface area contributed by atoms with Gasteiger partial charge in [0.25, 0.3) is 0 Å². The van der Waals surface area contributed by atoms with Crippen molar-refractivity contribution in [3.05, 3.63) is 29.8 Å². The van der Waals surface area contributed by atoms with E-state index in [9.17, 15) is 37.1 Å². The molecular weight excluding hydrogens is 440 g/mol. The topological polar surface area (TPSA) is 99.1 Å². The van der Waals surface area contributed by atoms with Gasteiger partial charge in [-0.1, -0.05) is 12.1 Å². The van der Waals surface area contributed by atoms with E-state index in [0.717, 1.165) is 12.1 Å². The molecule has 0 unspecified atom stereocenters. The fourth-order valence-corrected chi connectivity index (χ4v) is 3.87. The Bertz CT molecular complexity index is 856. The molecule has 0 bridgehead atoms. The number of carbonyl (C=O) groups is 3. The minimum atomic E-state index is -4.80. The molecule has 0 aliphatic heterocycles. The number of Topliss-reactive ketones (excluding diaryl/α,β-unsaturated/α-hetero) is 1. The van der Waals surface area contributed by atoms with Gasteiger partial charge in [0.15, 0.2) is 5.78 Å². The predicted molar refractivity (Wildman–Crippen MR) is 101 cm³/mol. The lowest BCUT2D eigenvalue weighted by atomic mass is 9.61. The molecule has 0 radical (unpaired) electrons. The highest BCUT2D eigenvalue weighted by atomic mass is 19.3. The number of halogens is 4. The summed E-state index contributed by atoms with van der Waals surface area (Å²) >= 11 is 0. The van der Waals surface area contributed by atoms with Gasteiger partial charge in [-0.05, 0) is 38.5 Å². The van der Waals surface area contributed by atoms with Crippen LogP contribution >= 0.6 is 0 Å². The second-order valence-corrected chi connectivity index (χ2v) is 7.52. The summed E-state index contributed by atoms with van der Waals surface area (Å²) in [5.74, 6) is -7.71. The van der Waals surface area contributed by atoms with Crippen LogP contribution < -0.4 is 4.74 Å². The second-order valence-electron chi connectivity index (χ2n) is 7.52. The van der Waals surface area contributed by atoms with Crippen LogP contribution in [-0.4, -0.2) is 54.2 Å². The Morgan fingerprint density at radius 1 is 1.19 bits per heavy atom. The lowest BCUT2D eigenvalue weighted by molar-refractivity contribution is -0.253. The van der Waals surface area contributed by atoms with Crippen LogP contribution in [0.4, 0.5) is 17.6 Å². The monoisotopic (exact) mass is 464 g/mol. The van der Waals surface area contributed by atoms with E-state index in [1.165, 1.54) is 32.9 Å². The normalized spacial score (nSPS) is 26.0. The third-order valence-electron chi connectivity index (χ3n) is 5.10. The highest BCUT2D eigenvalue weighted by Gasteiger charge is 2.57. The van der Waals surface area contributed by atoms with Gasteiger partial charge in [0.05, 0.1) is 24.7 Å². The van der Waals surface area contributed by atoms with E-state index in [2.05, 4.69) is 4.74 Å². The summed E-state index contributed by atoms with van der Waals surface area (Å²) in [5.41, 5.74) is -1.99. The predicted octanol–water partition coefficient (Wildman–Crippen LogP) is 3.09. The smallest absolute Gasteiger partial charge is 0.461 e. The highest BCUT2D eigenvalue weighted by Crippen LogP contribution is 2.47. The first-order chi connectivity index (χ1) is 14.9. The zero-order valence-electron chi connectivity index (χ0n) is 17.6. The molecule has 0 amide bonds. The van der Waals surface area contributed by atoms with Crippen LogP contribution in [0.5, 0.6) is 5.75 Å². The molecule has 11 heteroatoms. The number of ketones is 1. The lowest BCUT2D eigenvalue weighted by Gasteiger charge is -2.43. The summed E-state index contributed by atoms with van der Waals surface area (Å²) < 4.78 is 65.9. The maximum atomic E-state index is 13.4. The first-order valence-electron chi connectivity index (χ1n) is 9.89. The number of hydrogen-bond donors (Lipinski definition) is 1. The van der Waals surface area contributed by atoms with Gasteiger partial charge in [-0.2, -0.15) is 17.6 Å². The van der Waals surface area contributed by atoms with E-state index in [-0.39, 0.29) is 18.8 Å². The maximum absolute atomic E-state index is 13.4. The van der Waals surface area contributed by atoms with E-state index in [0.29, 0.717) is 0 Å². The van der Waals surface area contributed by atoms with E-state index in [1.807, 2.05) is 0 Å². The van der Waals surface area contributed by atoms with Crippen molar-refractivity contribution in [3.8, 4) is 5.75 Å². The third kappa shape index (κ3) is 5.37. The van der Waals surface area contributed by atoms with Gasteiger partial charge in [-0.15, -0.1) is 0 Å². The van der Waals surface area contributed by atoms with Crippen molar-refractivity contribution >= 4 is 17.7 Å². The summed E-state index contributed by atoms with van der Waals surface area (Å²) in [7, 11) is 0. The molecule has 2 rings (SSSR count). The zero-order chi connectivity index (χ0) is 24.3. The summed E-state index contributed by atoms with van der Waals surface area (Å²) in [4.78, 5) is 38.1. The maximum Gasteiger partial charge on any atom is 0.461 e. The van der Waals surface area contributed by atoms with Gasteiger partial charge in [0, 0.05) is 12.3 Å². The fraction of sp³-hybridized carbons (Fsp3) is 0.571. The van der Waals surface area contributed by atoms with Crippen LogP contribution in [0.3, 0.4) is 0 Å². The van der Waals surface area contributed by atoms with E-state index in [1.54, 1.807) is 0 Å². The summed E-state index contributed by atoms with van der Waals surface area (Å²) in [5, 5.41) is 10.9. The largest absolute Gasteiger partial charge is 0.466 e. The van der Waals surface area contributed by atoms with E-state index >= 15 is 0 Å². The number of benzene rings is 1. The van der Waals surface area contributed by atoms with Crippen molar-refractivity contribution < 1.29 is 51.3 Å². The zero-order valence-corrected chi connectivity index (χ0v) is 17.6. The molecule has 1 N–H and O–H groups in total. The molecule has 4 atom stereocenters. The fourth-order valence-electron chi connectivity index (χ4n) is 3.87. The molecule has 0 aromatic heterocycles. The van der Waals surface area contributed by atoms with Crippen LogP contribution in [0, 0.1) is 11.8 Å². The second kappa shape index (κ2) is 9.85. The molecule has 1 aliphatic carbocycles. The number of alkyl halides is 4. The first-order valence-corrected chi connectivity index (χ1v) is 9.89. The molecule has 1 aliphatic rings. The first kappa shape index (κ1) is 25.6. The third-order valence-corrected chi connectivity index (χ3v) is 5.10. The van der Waals surface area contributed by atoms with Crippen molar-refractivity contribution in [2.24, 2.45) is 11.8 Å². The van der Waals surface area contributed by atoms with Crippen LogP contribution in [0.1, 0.15) is 38.7 Å². The summed E-state index contributed by atoms with van der Waals surface area (Å²) in [6, 6.07) is 4.35. The van der Waals surface area contributed by atoms with Crippen LogP contribution in [0.25, 0.3) is 0 Å². The SMILES string of the molecule is CCOC(=O)[C@@H]1C(=O)C[C@](C)(O)[C@@H](C(=O)OCC)[C@@H]1c1cccc(OC(F)(F)C(F)F)c1. The molecule has 32 heavy (non-hydrogen) atoms. The average molecular weight is 464 g/mol. The molecule has 1 aromatic rings. The quantitative estimate of drug-likeness (QED) is 0.359. The van der Waals surface area contributed by atoms with Crippen molar-refractivity contribution in [3.63, 3.8) is 0 Å².